The first-order chi connectivity index (χ1) is 17.4. The highest BCUT2D eigenvalue weighted by Gasteiger charge is 2.47. The monoisotopic (exact) mass is 511 g/mol. The number of carboxylic acid groups (broad SMARTS) is 2. The van der Waals surface area contributed by atoms with Gasteiger partial charge in [0, 0.05) is 19.4 Å². The molecule has 36 heavy (non-hydrogen) atoms. The van der Waals surface area contributed by atoms with E-state index in [2.05, 4.69) is 18.7 Å². The van der Waals surface area contributed by atoms with Gasteiger partial charge in [-0.2, -0.15) is 0 Å². The molecule has 0 aromatic carbocycles. The molecule has 0 aromatic rings. The Balaban J connectivity index is 0.000000402. The number of unbranched alkanes of at least 4 members (excludes halogenated alkanes) is 5. The molecule has 0 radical (unpaired) electrons. The average Bonchev–Trinajstić information content (AvgIpc) is 2.89. The van der Waals surface area contributed by atoms with Crippen LogP contribution in [0.25, 0.3) is 0 Å². The molecule has 0 heterocycles. The second kappa shape index (κ2) is 19.5. The number of aliphatic carboxylic acids is 2. The Hall–Kier alpha value is -1.63. The molecule has 2 rings (SSSR count). The maximum absolute atomic E-state index is 12.9. The molecule has 2 saturated carbocycles. The lowest BCUT2D eigenvalue weighted by Gasteiger charge is -2.43. The van der Waals surface area contributed by atoms with E-state index in [1.807, 2.05) is 0 Å². The second-order valence-electron chi connectivity index (χ2n) is 10.6. The predicted octanol–water partition coefficient (Wildman–Crippen LogP) is 6.68. The van der Waals surface area contributed by atoms with Gasteiger partial charge in [-0.1, -0.05) is 78.1 Å². The molecule has 2 N–H and O–H groups in total. The van der Waals surface area contributed by atoms with Crippen molar-refractivity contribution in [3.05, 3.63) is 0 Å². The van der Waals surface area contributed by atoms with Crippen molar-refractivity contribution in [3.63, 3.8) is 0 Å². The lowest BCUT2D eigenvalue weighted by molar-refractivity contribution is -0.164. The maximum atomic E-state index is 12.9. The van der Waals surface area contributed by atoms with Crippen LogP contribution in [0.2, 0.25) is 0 Å². The molecule has 0 spiro atoms. The number of carboxylic acids is 2. The molecule has 0 aromatic heterocycles. The van der Waals surface area contributed by atoms with Crippen molar-refractivity contribution in [2.75, 3.05) is 26.2 Å². The summed E-state index contributed by atoms with van der Waals surface area (Å²) in [7, 11) is 0. The number of carbonyl (C=O) groups excluding carboxylic acids is 1. The van der Waals surface area contributed by atoms with Crippen molar-refractivity contribution in [1.29, 1.82) is 0 Å². The largest absolute Gasteiger partial charge is 0.481 e. The highest BCUT2D eigenvalue weighted by atomic mass is 16.5. The maximum Gasteiger partial charge on any atom is 0.312 e. The van der Waals surface area contributed by atoms with Crippen LogP contribution in [0.1, 0.15) is 129 Å². The summed E-state index contributed by atoms with van der Waals surface area (Å²) in [5, 5.41) is 16.7. The number of nitrogens with zero attached hydrogens (tertiary/aromatic N) is 1. The molecule has 7 heteroatoms. The van der Waals surface area contributed by atoms with Gasteiger partial charge in [0.2, 0.25) is 0 Å². The van der Waals surface area contributed by atoms with E-state index in [1.165, 1.54) is 51.4 Å². The van der Waals surface area contributed by atoms with Crippen molar-refractivity contribution < 1.29 is 29.3 Å². The number of likely N-dealkylation sites (N-methyl/N-ethyl adjacent to an activating group) is 1. The number of hydrogen-bond donors (Lipinski definition) is 2. The quantitative estimate of drug-likeness (QED) is 0.176. The Kier molecular flexibility index (Phi) is 17.5. The van der Waals surface area contributed by atoms with Crippen LogP contribution >= 0.6 is 0 Å². The van der Waals surface area contributed by atoms with E-state index in [1.54, 1.807) is 0 Å². The summed E-state index contributed by atoms with van der Waals surface area (Å²) in [6.45, 7) is 7.82. The Morgan fingerprint density at radius 2 is 1.22 bits per heavy atom. The summed E-state index contributed by atoms with van der Waals surface area (Å²) in [6.07, 6.45) is 18.1. The van der Waals surface area contributed by atoms with Gasteiger partial charge in [0.15, 0.2) is 0 Å². The summed E-state index contributed by atoms with van der Waals surface area (Å²) in [4.78, 5) is 35.5. The average molecular weight is 512 g/mol. The summed E-state index contributed by atoms with van der Waals surface area (Å²) in [5.74, 6) is -0.763. The lowest BCUT2D eigenvalue weighted by Crippen LogP contribution is -2.43. The van der Waals surface area contributed by atoms with E-state index >= 15 is 0 Å². The van der Waals surface area contributed by atoms with Crippen molar-refractivity contribution in [2.45, 2.75) is 129 Å². The fraction of sp³-hybridized carbons (Fsp3) is 0.897. The van der Waals surface area contributed by atoms with E-state index in [4.69, 9.17) is 14.9 Å². The molecular weight excluding hydrogens is 458 g/mol. The van der Waals surface area contributed by atoms with Gasteiger partial charge in [0.05, 0.1) is 5.41 Å². The van der Waals surface area contributed by atoms with Crippen LogP contribution in [0.4, 0.5) is 0 Å². The van der Waals surface area contributed by atoms with E-state index < -0.39 is 11.9 Å². The minimum Gasteiger partial charge on any atom is -0.481 e. The molecule has 2 fully saturated rings. The summed E-state index contributed by atoms with van der Waals surface area (Å²) < 4.78 is 5.79. The molecule has 0 aliphatic heterocycles. The summed E-state index contributed by atoms with van der Waals surface area (Å²) in [5.41, 5.74) is -0.137. The van der Waals surface area contributed by atoms with Gasteiger partial charge < -0.3 is 19.8 Å². The summed E-state index contributed by atoms with van der Waals surface area (Å²) >= 11 is 0. The number of carbonyl (C=O) groups is 3. The number of hydrogen-bond acceptors (Lipinski definition) is 5. The van der Waals surface area contributed by atoms with Crippen LogP contribution in [-0.2, 0) is 19.1 Å². The Morgan fingerprint density at radius 1 is 0.750 bits per heavy atom. The second-order valence-corrected chi connectivity index (χ2v) is 10.6. The molecule has 0 amide bonds. The third-order valence-electron chi connectivity index (χ3n) is 8.11. The molecule has 210 valence electrons. The lowest BCUT2D eigenvalue weighted by atomic mass is 9.62. The van der Waals surface area contributed by atoms with Crippen LogP contribution in [0, 0.1) is 11.3 Å². The van der Waals surface area contributed by atoms with Crippen molar-refractivity contribution in [2.24, 2.45) is 11.3 Å². The third kappa shape index (κ3) is 13.1. The molecule has 2 aliphatic rings. The fourth-order valence-corrected chi connectivity index (χ4v) is 5.83. The topological polar surface area (TPSA) is 104 Å². The van der Waals surface area contributed by atoms with Gasteiger partial charge in [-0.15, -0.1) is 0 Å². The highest BCUT2D eigenvalue weighted by molar-refractivity contribution is 5.77. The van der Waals surface area contributed by atoms with Gasteiger partial charge in [0.25, 0.3) is 0 Å². The zero-order valence-corrected chi connectivity index (χ0v) is 23.1. The van der Waals surface area contributed by atoms with E-state index in [-0.39, 0.29) is 24.2 Å². The van der Waals surface area contributed by atoms with Crippen molar-refractivity contribution in [3.8, 4) is 0 Å². The van der Waals surface area contributed by atoms with E-state index in [0.717, 1.165) is 71.0 Å². The molecule has 7 nitrogen and oxygen atoms in total. The van der Waals surface area contributed by atoms with E-state index in [0.29, 0.717) is 12.5 Å². The smallest absolute Gasteiger partial charge is 0.312 e. The highest BCUT2D eigenvalue weighted by Crippen LogP contribution is 2.49. The van der Waals surface area contributed by atoms with Crippen LogP contribution in [0.15, 0.2) is 0 Å². The first-order valence-corrected chi connectivity index (χ1v) is 14.7. The minimum atomic E-state index is -0.740. The van der Waals surface area contributed by atoms with Crippen LogP contribution in [0.3, 0.4) is 0 Å². The Morgan fingerprint density at radius 3 is 1.69 bits per heavy atom. The fourth-order valence-electron chi connectivity index (χ4n) is 5.83. The molecule has 2 aliphatic carbocycles. The van der Waals surface area contributed by atoms with E-state index in [9.17, 15) is 14.4 Å². The first kappa shape index (κ1) is 32.4. The van der Waals surface area contributed by atoms with Crippen LogP contribution in [-0.4, -0.2) is 59.3 Å². The normalized spacial score (nSPS) is 17.8. The molecular formula is C29H53NO6. The molecule has 0 saturated heterocycles. The van der Waals surface area contributed by atoms with Crippen LogP contribution in [0.5, 0.6) is 0 Å². The van der Waals surface area contributed by atoms with Gasteiger partial charge in [0.1, 0.15) is 6.61 Å². The van der Waals surface area contributed by atoms with Gasteiger partial charge in [-0.05, 0) is 57.5 Å². The molecule has 0 atom stereocenters. The van der Waals surface area contributed by atoms with Gasteiger partial charge in [-0.3, -0.25) is 14.4 Å². The first-order valence-electron chi connectivity index (χ1n) is 14.7. The Labute approximate surface area is 219 Å². The predicted molar refractivity (Wildman–Crippen MR) is 143 cm³/mol. The van der Waals surface area contributed by atoms with Gasteiger partial charge >= 0.3 is 17.9 Å². The zero-order valence-electron chi connectivity index (χ0n) is 23.1. The number of ether oxygens (including phenoxy) is 1. The standard InChI is InChI=1S/C19H35NO2.C10H18O4/c1-3-20(4-2)15-16-22-18(21)19(13-9-6-10-14-19)17-11-7-5-8-12-17;11-9(12)7-5-3-1-2-4-6-8-10(13)14/h17H,3-16H2,1-2H3;1-8H2,(H,11,12)(H,13,14). The van der Waals surface area contributed by atoms with Crippen molar-refractivity contribution >= 4 is 17.9 Å². The van der Waals surface area contributed by atoms with Crippen LogP contribution < -0.4 is 0 Å². The third-order valence-corrected chi connectivity index (χ3v) is 8.11. The van der Waals surface area contributed by atoms with Gasteiger partial charge in [-0.25, -0.2) is 0 Å². The molecule has 0 bridgehead atoms. The number of esters is 1. The SMILES string of the molecule is CCN(CC)CCOC(=O)C1(C2CCCCC2)CCCCC1.O=C(O)CCCCCCCCC(=O)O. The van der Waals surface area contributed by atoms with Crippen molar-refractivity contribution in [1.82, 2.24) is 4.90 Å². The molecule has 0 unspecified atom stereocenters. The zero-order chi connectivity index (χ0) is 26.7. The number of rotatable bonds is 16. The minimum absolute atomic E-state index is 0.131. The Bertz CT molecular complexity index is 587. The summed E-state index contributed by atoms with van der Waals surface area (Å²) in [6, 6.07) is 0.